The molecule has 1 aromatic heterocycles. The van der Waals surface area contributed by atoms with E-state index >= 15 is 0 Å². The van der Waals surface area contributed by atoms with Crippen LogP contribution in [0.4, 0.5) is 0 Å². The molecule has 1 saturated carbocycles. The minimum Gasteiger partial charge on any atom is -0.357 e. The fourth-order valence-corrected chi connectivity index (χ4v) is 3.89. The number of rotatable bonds is 5. The molecule has 124 valence electrons. The molecule has 1 saturated heterocycles. The summed E-state index contributed by atoms with van der Waals surface area (Å²) in [4.78, 5) is 5.85. The fourth-order valence-electron chi connectivity index (χ4n) is 3.89. The number of aromatic amines is 1. The number of ether oxygens (including phenoxy) is 2. The second-order valence-corrected chi connectivity index (χ2v) is 7.08. The molecule has 2 fully saturated rings. The molecular weight excluding hydrogens is 288 g/mol. The number of hydrogen-bond acceptors (Lipinski definition) is 3. The number of nitrogens with zero attached hydrogens (tertiary/aromatic N) is 1. The van der Waals surface area contributed by atoms with Gasteiger partial charge < -0.3 is 19.4 Å². The molecule has 4 heteroatoms. The van der Waals surface area contributed by atoms with Crippen LogP contribution in [0.2, 0.25) is 0 Å². The smallest absolute Gasteiger partial charge is 0.168 e. The second-order valence-electron chi connectivity index (χ2n) is 7.08. The number of hydrogen-bond donors (Lipinski definition) is 1. The van der Waals surface area contributed by atoms with Crippen LogP contribution in [-0.2, 0) is 16.0 Å². The van der Waals surface area contributed by atoms with Crippen molar-refractivity contribution in [3.8, 4) is 0 Å². The van der Waals surface area contributed by atoms with Crippen molar-refractivity contribution >= 4 is 10.9 Å². The first-order valence-electron chi connectivity index (χ1n) is 8.79. The Hall–Kier alpha value is -1.36. The Balaban J connectivity index is 1.28. The van der Waals surface area contributed by atoms with E-state index in [1.807, 2.05) is 0 Å². The molecule has 2 aliphatic rings. The average molecular weight is 314 g/mol. The highest BCUT2D eigenvalue weighted by molar-refractivity contribution is 5.80. The van der Waals surface area contributed by atoms with Crippen LogP contribution in [0.15, 0.2) is 30.3 Å². The largest absolute Gasteiger partial charge is 0.357 e. The van der Waals surface area contributed by atoms with Gasteiger partial charge in [-0.1, -0.05) is 18.2 Å². The SMILES string of the molecule is CN(CCC1COC2(CCCC2)O1)Cc1cc2ccccc2[nH]1. The summed E-state index contributed by atoms with van der Waals surface area (Å²) >= 11 is 0. The van der Waals surface area contributed by atoms with Crippen LogP contribution in [0.1, 0.15) is 37.8 Å². The lowest BCUT2D eigenvalue weighted by molar-refractivity contribution is -0.162. The maximum absolute atomic E-state index is 6.20. The first-order chi connectivity index (χ1) is 11.2. The Morgan fingerprint density at radius 3 is 2.91 bits per heavy atom. The van der Waals surface area contributed by atoms with E-state index in [9.17, 15) is 0 Å². The van der Waals surface area contributed by atoms with Crippen molar-refractivity contribution in [1.29, 1.82) is 0 Å². The van der Waals surface area contributed by atoms with Crippen molar-refractivity contribution in [2.75, 3.05) is 20.2 Å². The van der Waals surface area contributed by atoms with E-state index in [-0.39, 0.29) is 11.9 Å². The zero-order chi connectivity index (χ0) is 15.7. The predicted octanol–water partition coefficient (Wildman–Crippen LogP) is 3.68. The molecule has 0 bridgehead atoms. The molecule has 4 rings (SSSR count). The summed E-state index contributed by atoms with van der Waals surface area (Å²) < 4.78 is 12.2. The van der Waals surface area contributed by atoms with E-state index in [0.29, 0.717) is 0 Å². The highest BCUT2D eigenvalue weighted by Gasteiger charge is 2.43. The molecule has 1 unspecified atom stereocenters. The Morgan fingerprint density at radius 2 is 2.09 bits per heavy atom. The molecule has 1 spiro atoms. The number of nitrogens with one attached hydrogen (secondary N) is 1. The molecule has 2 aromatic rings. The van der Waals surface area contributed by atoms with Gasteiger partial charge in [-0.3, -0.25) is 0 Å². The minimum absolute atomic E-state index is 0.222. The lowest BCUT2D eigenvalue weighted by Crippen LogP contribution is -2.28. The zero-order valence-electron chi connectivity index (χ0n) is 13.9. The van der Waals surface area contributed by atoms with Crippen molar-refractivity contribution in [2.24, 2.45) is 0 Å². The van der Waals surface area contributed by atoms with Crippen molar-refractivity contribution < 1.29 is 9.47 Å². The third-order valence-corrected chi connectivity index (χ3v) is 5.14. The second kappa shape index (κ2) is 6.27. The van der Waals surface area contributed by atoms with Crippen LogP contribution < -0.4 is 0 Å². The summed E-state index contributed by atoms with van der Waals surface area (Å²) in [7, 11) is 2.17. The van der Waals surface area contributed by atoms with Gasteiger partial charge in [0.05, 0.1) is 12.7 Å². The van der Waals surface area contributed by atoms with Crippen LogP contribution in [0, 0.1) is 0 Å². The van der Waals surface area contributed by atoms with Gasteiger partial charge in [0.1, 0.15) is 0 Å². The van der Waals surface area contributed by atoms with Crippen LogP contribution >= 0.6 is 0 Å². The lowest BCUT2D eigenvalue weighted by atomic mass is 10.2. The van der Waals surface area contributed by atoms with Crippen LogP contribution in [0.25, 0.3) is 10.9 Å². The van der Waals surface area contributed by atoms with Gasteiger partial charge in [-0.25, -0.2) is 0 Å². The minimum atomic E-state index is -0.222. The van der Waals surface area contributed by atoms with Crippen LogP contribution in [0.3, 0.4) is 0 Å². The molecule has 4 nitrogen and oxygen atoms in total. The van der Waals surface area contributed by atoms with Gasteiger partial charge in [0.15, 0.2) is 5.79 Å². The van der Waals surface area contributed by atoms with Gasteiger partial charge in [-0.15, -0.1) is 0 Å². The molecule has 1 aliphatic heterocycles. The Kier molecular flexibility index (Phi) is 4.14. The third kappa shape index (κ3) is 3.30. The number of benzene rings is 1. The molecule has 0 radical (unpaired) electrons. The maximum Gasteiger partial charge on any atom is 0.168 e. The molecule has 1 atom stereocenters. The van der Waals surface area contributed by atoms with Gasteiger partial charge >= 0.3 is 0 Å². The van der Waals surface area contributed by atoms with Crippen molar-refractivity contribution in [1.82, 2.24) is 9.88 Å². The van der Waals surface area contributed by atoms with E-state index in [4.69, 9.17) is 9.47 Å². The number of aromatic nitrogens is 1. The molecule has 2 heterocycles. The summed E-state index contributed by atoms with van der Waals surface area (Å²) in [5.74, 6) is -0.222. The van der Waals surface area contributed by atoms with Gasteiger partial charge in [0.2, 0.25) is 0 Å². The van der Waals surface area contributed by atoms with E-state index in [0.717, 1.165) is 39.0 Å². The fraction of sp³-hybridized carbons (Fsp3) is 0.579. The zero-order valence-corrected chi connectivity index (χ0v) is 13.9. The molecule has 0 amide bonds. The number of H-pyrrole nitrogens is 1. The molecule has 1 aromatic carbocycles. The third-order valence-electron chi connectivity index (χ3n) is 5.14. The van der Waals surface area contributed by atoms with E-state index in [2.05, 4.69) is 47.3 Å². The van der Waals surface area contributed by atoms with Gasteiger partial charge in [-0.2, -0.15) is 0 Å². The summed E-state index contributed by atoms with van der Waals surface area (Å²) in [5, 5.41) is 1.28. The summed E-state index contributed by atoms with van der Waals surface area (Å²) in [6.07, 6.45) is 5.94. The monoisotopic (exact) mass is 314 g/mol. The molecule has 1 aliphatic carbocycles. The highest BCUT2D eigenvalue weighted by atomic mass is 16.7. The quantitative estimate of drug-likeness (QED) is 0.915. The number of para-hydroxylation sites is 1. The van der Waals surface area contributed by atoms with Gasteiger partial charge in [0.25, 0.3) is 0 Å². The van der Waals surface area contributed by atoms with Crippen LogP contribution in [0.5, 0.6) is 0 Å². The van der Waals surface area contributed by atoms with E-state index < -0.39 is 0 Å². The van der Waals surface area contributed by atoms with Crippen LogP contribution in [-0.4, -0.2) is 42.0 Å². The molecule has 1 N–H and O–H groups in total. The summed E-state index contributed by atoms with van der Waals surface area (Å²) in [6, 6.07) is 10.7. The maximum atomic E-state index is 6.20. The first kappa shape index (κ1) is 15.2. The molecule has 23 heavy (non-hydrogen) atoms. The normalized spacial score (nSPS) is 23.5. The topological polar surface area (TPSA) is 37.5 Å². The standard InChI is InChI=1S/C19H26N2O2/c1-21(13-16-12-15-6-2-3-7-18(15)20-16)11-8-17-14-22-19(23-17)9-4-5-10-19/h2-3,6-7,12,17,20H,4-5,8-11,13-14H2,1H3. The lowest BCUT2D eigenvalue weighted by Gasteiger charge is -2.23. The highest BCUT2D eigenvalue weighted by Crippen LogP contribution is 2.39. The van der Waals surface area contributed by atoms with Gasteiger partial charge in [0, 0.05) is 37.1 Å². The Labute approximate surface area is 137 Å². The predicted molar refractivity (Wildman–Crippen MR) is 91.3 cm³/mol. The average Bonchev–Trinajstić information content (AvgIpc) is 3.26. The first-order valence-corrected chi connectivity index (χ1v) is 8.79. The summed E-state index contributed by atoms with van der Waals surface area (Å²) in [6.45, 7) is 2.73. The van der Waals surface area contributed by atoms with Gasteiger partial charge in [-0.05, 0) is 43.8 Å². The summed E-state index contributed by atoms with van der Waals surface area (Å²) in [5.41, 5.74) is 2.48. The Morgan fingerprint density at radius 1 is 1.26 bits per heavy atom. The number of fused-ring (bicyclic) bond motifs is 1. The van der Waals surface area contributed by atoms with Crippen molar-refractivity contribution in [3.05, 3.63) is 36.0 Å². The van der Waals surface area contributed by atoms with Crippen molar-refractivity contribution in [2.45, 2.75) is 50.5 Å². The Bertz CT molecular complexity index is 627. The van der Waals surface area contributed by atoms with Crippen molar-refractivity contribution in [3.63, 3.8) is 0 Å². The van der Waals surface area contributed by atoms with E-state index in [1.165, 1.54) is 29.4 Å². The molecular formula is C19H26N2O2. The van der Waals surface area contributed by atoms with E-state index in [1.54, 1.807) is 0 Å².